The molecule has 2 rings (SSSR count). The first kappa shape index (κ1) is 17.1. The lowest BCUT2D eigenvalue weighted by atomic mass is 9.87. The van der Waals surface area contributed by atoms with Gasteiger partial charge in [-0.1, -0.05) is 6.92 Å². The number of carbonyl (C=O) groups excluding carboxylic acids is 2. The maximum Gasteiger partial charge on any atom is 0.407 e. The molecule has 6 nitrogen and oxygen atoms in total. The van der Waals surface area contributed by atoms with Gasteiger partial charge in [0.1, 0.15) is 6.04 Å². The quantitative estimate of drug-likeness (QED) is 0.861. The molecule has 2 heterocycles. The normalized spacial score (nSPS) is 30.0. The summed E-state index contributed by atoms with van der Waals surface area (Å²) in [7, 11) is 1.33. The molecular weight excluding hydrogens is 284 g/mol. The molecule has 0 aliphatic carbocycles. The number of carbonyl (C=O) groups is 2. The van der Waals surface area contributed by atoms with Crippen LogP contribution >= 0.6 is 0 Å². The Morgan fingerprint density at radius 2 is 2.18 bits per heavy atom. The summed E-state index contributed by atoms with van der Waals surface area (Å²) in [6.07, 6.45) is 4.22. The Balaban J connectivity index is 2.10. The summed E-state index contributed by atoms with van der Waals surface area (Å²) >= 11 is 0. The van der Waals surface area contributed by atoms with Gasteiger partial charge in [-0.2, -0.15) is 0 Å². The summed E-state index contributed by atoms with van der Waals surface area (Å²) in [5.41, 5.74) is 0. The third-order valence-corrected chi connectivity index (χ3v) is 4.90. The minimum Gasteiger partial charge on any atom is -0.453 e. The number of nitrogens with one attached hydrogen (secondary N) is 1. The number of amides is 2. The van der Waals surface area contributed by atoms with Crippen LogP contribution < -0.4 is 5.32 Å². The molecule has 0 spiro atoms. The molecule has 0 aromatic heterocycles. The molecular formula is C16H28N2O4. The molecule has 0 aromatic rings. The van der Waals surface area contributed by atoms with Gasteiger partial charge in [0.2, 0.25) is 5.91 Å². The molecule has 22 heavy (non-hydrogen) atoms. The van der Waals surface area contributed by atoms with Crippen LogP contribution in [0.25, 0.3) is 0 Å². The minimum atomic E-state index is -0.537. The van der Waals surface area contributed by atoms with E-state index in [9.17, 15) is 9.59 Å². The van der Waals surface area contributed by atoms with E-state index in [-0.39, 0.29) is 24.0 Å². The van der Waals surface area contributed by atoms with Crippen molar-refractivity contribution in [2.45, 2.75) is 64.1 Å². The first-order valence-electron chi connectivity index (χ1n) is 8.33. The zero-order valence-electron chi connectivity index (χ0n) is 13.8. The van der Waals surface area contributed by atoms with Crippen LogP contribution in [0.2, 0.25) is 0 Å². The summed E-state index contributed by atoms with van der Waals surface area (Å²) in [5.74, 6) is 0.134. The molecule has 0 aromatic carbocycles. The van der Waals surface area contributed by atoms with Crippen molar-refractivity contribution in [1.29, 1.82) is 0 Å². The SMILES string of the molecule is CCC1C[C@H]([C@H](NC(=O)OC)C(=O)N2CCC[C@@H]2C)CCO1. The Kier molecular flexibility index (Phi) is 6.06. The van der Waals surface area contributed by atoms with Gasteiger partial charge in [-0.15, -0.1) is 0 Å². The van der Waals surface area contributed by atoms with E-state index in [0.717, 1.165) is 38.6 Å². The number of hydrogen-bond donors (Lipinski definition) is 1. The summed E-state index contributed by atoms with van der Waals surface area (Å²) in [4.78, 5) is 26.5. The summed E-state index contributed by atoms with van der Waals surface area (Å²) in [6.45, 7) is 5.57. The molecule has 2 fully saturated rings. The van der Waals surface area contributed by atoms with Gasteiger partial charge in [-0.25, -0.2) is 4.79 Å². The first-order chi connectivity index (χ1) is 10.6. The van der Waals surface area contributed by atoms with Crippen molar-refractivity contribution in [3.63, 3.8) is 0 Å². The van der Waals surface area contributed by atoms with Gasteiger partial charge >= 0.3 is 6.09 Å². The van der Waals surface area contributed by atoms with Crippen molar-refractivity contribution in [2.24, 2.45) is 5.92 Å². The van der Waals surface area contributed by atoms with Crippen molar-refractivity contribution in [3.05, 3.63) is 0 Å². The number of likely N-dealkylation sites (tertiary alicyclic amines) is 1. The van der Waals surface area contributed by atoms with Crippen LogP contribution in [-0.4, -0.2) is 55.3 Å². The number of ether oxygens (including phenoxy) is 2. The maximum absolute atomic E-state index is 12.9. The smallest absolute Gasteiger partial charge is 0.407 e. The van der Waals surface area contributed by atoms with Crippen LogP contribution in [-0.2, 0) is 14.3 Å². The molecule has 4 atom stereocenters. The van der Waals surface area contributed by atoms with E-state index in [1.165, 1.54) is 7.11 Å². The van der Waals surface area contributed by atoms with Gasteiger partial charge in [-0.05, 0) is 44.9 Å². The highest BCUT2D eigenvalue weighted by Gasteiger charge is 2.38. The van der Waals surface area contributed by atoms with E-state index in [4.69, 9.17) is 9.47 Å². The fourth-order valence-electron chi connectivity index (χ4n) is 3.50. The summed E-state index contributed by atoms with van der Waals surface area (Å²) < 4.78 is 10.4. The number of rotatable bonds is 4. The zero-order chi connectivity index (χ0) is 16.1. The standard InChI is InChI=1S/C16H28N2O4/c1-4-13-10-12(7-9-22-13)14(17-16(20)21-3)15(19)18-8-5-6-11(18)2/h11-14H,4-10H2,1-3H3,(H,17,20)/t11-,12+,13?,14-/m0/s1. The van der Waals surface area contributed by atoms with Crippen LogP contribution in [0.4, 0.5) is 4.79 Å². The maximum atomic E-state index is 12.9. The van der Waals surface area contributed by atoms with Crippen LogP contribution in [0.3, 0.4) is 0 Å². The van der Waals surface area contributed by atoms with Gasteiger partial charge in [0.15, 0.2) is 0 Å². The Hall–Kier alpha value is -1.30. The lowest BCUT2D eigenvalue weighted by molar-refractivity contribution is -0.137. The van der Waals surface area contributed by atoms with Crippen molar-refractivity contribution in [1.82, 2.24) is 10.2 Å². The summed E-state index contributed by atoms with van der Waals surface area (Å²) in [6, 6.07) is -0.262. The van der Waals surface area contributed by atoms with Gasteiger partial charge in [0.05, 0.1) is 13.2 Å². The summed E-state index contributed by atoms with van der Waals surface area (Å²) in [5, 5.41) is 2.77. The largest absolute Gasteiger partial charge is 0.453 e. The van der Waals surface area contributed by atoms with Crippen molar-refractivity contribution in [3.8, 4) is 0 Å². The molecule has 2 aliphatic heterocycles. The van der Waals surface area contributed by atoms with E-state index in [2.05, 4.69) is 19.2 Å². The Bertz CT molecular complexity index is 402. The molecule has 0 radical (unpaired) electrons. The minimum absolute atomic E-state index is 0.0251. The second-order valence-corrected chi connectivity index (χ2v) is 6.32. The number of nitrogens with zero attached hydrogens (tertiary/aromatic N) is 1. The van der Waals surface area contributed by atoms with Crippen LogP contribution in [0.15, 0.2) is 0 Å². The van der Waals surface area contributed by atoms with E-state index < -0.39 is 12.1 Å². The Labute approximate surface area is 132 Å². The van der Waals surface area contributed by atoms with Crippen LogP contribution in [0.1, 0.15) is 46.0 Å². The molecule has 2 saturated heterocycles. The highest BCUT2D eigenvalue weighted by Crippen LogP contribution is 2.28. The molecule has 0 saturated carbocycles. The zero-order valence-corrected chi connectivity index (χ0v) is 13.8. The number of alkyl carbamates (subject to hydrolysis) is 1. The van der Waals surface area contributed by atoms with E-state index in [1.54, 1.807) is 0 Å². The predicted molar refractivity (Wildman–Crippen MR) is 82.5 cm³/mol. The second-order valence-electron chi connectivity index (χ2n) is 6.32. The van der Waals surface area contributed by atoms with E-state index in [1.807, 2.05) is 4.90 Å². The first-order valence-corrected chi connectivity index (χ1v) is 8.33. The second kappa shape index (κ2) is 7.81. The Morgan fingerprint density at radius 1 is 1.41 bits per heavy atom. The lowest BCUT2D eigenvalue weighted by Gasteiger charge is -2.36. The fraction of sp³-hybridized carbons (Fsp3) is 0.875. The van der Waals surface area contributed by atoms with E-state index >= 15 is 0 Å². The molecule has 0 bridgehead atoms. The molecule has 2 aliphatic rings. The van der Waals surface area contributed by atoms with Crippen molar-refractivity contribution in [2.75, 3.05) is 20.3 Å². The monoisotopic (exact) mass is 312 g/mol. The van der Waals surface area contributed by atoms with Gasteiger partial charge in [0.25, 0.3) is 0 Å². The van der Waals surface area contributed by atoms with Crippen molar-refractivity contribution < 1.29 is 19.1 Å². The van der Waals surface area contributed by atoms with Gasteiger partial charge in [0, 0.05) is 19.2 Å². The predicted octanol–water partition coefficient (Wildman–Crippen LogP) is 1.93. The van der Waals surface area contributed by atoms with Crippen molar-refractivity contribution >= 4 is 12.0 Å². The number of hydrogen-bond acceptors (Lipinski definition) is 4. The third kappa shape index (κ3) is 3.91. The molecule has 2 amide bonds. The topological polar surface area (TPSA) is 67.9 Å². The van der Waals surface area contributed by atoms with E-state index in [0.29, 0.717) is 6.61 Å². The average molecular weight is 312 g/mol. The van der Waals surface area contributed by atoms with Crippen LogP contribution in [0.5, 0.6) is 0 Å². The molecule has 126 valence electrons. The fourth-order valence-corrected chi connectivity index (χ4v) is 3.50. The highest BCUT2D eigenvalue weighted by molar-refractivity contribution is 5.86. The lowest BCUT2D eigenvalue weighted by Crippen LogP contribution is -2.54. The molecule has 1 N–H and O–H groups in total. The van der Waals surface area contributed by atoms with Gasteiger partial charge in [-0.3, -0.25) is 4.79 Å². The average Bonchev–Trinajstić information content (AvgIpc) is 2.97. The molecule has 1 unspecified atom stereocenters. The highest BCUT2D eigenvalue weighted by atomic mass is 16.5. The molecule has 6 heteroatoms. The van der Waals surface area contributed by atoms with Crippen LogP contribution in [0, 0.1) is 5.92 Å². The third-order valence-electron chi connectivity index (χ3n) is 4.90. The van der Waals surface area contributed by atoms with Gasteiger partial charge < -0.3 is 19.7 Å². The Morgan fingerprint density at radius 3 is 2.77 bits per heavy atom. The number of methoxy groups -OCH3 is 1.